The van der Waals surface area contributed by atoms with E-state index in [1.165, 1.54) is 0 Å². The molecule has 0 saturated heterocycles. The van der Waals surface area contributed by atoms with Crippen LogP contribution in [0.1, 0.15) is 0 Å². The fourth-order valence-electron chi connectivity index (χ4n) is 0. The zero-order valence-electron chi connectivity index (χ0n) is 9.42. The maximum absolute atomic E-state index is 7.87. The van der Waals surface area contributed by atoms with Gasteiger partial charge in [-0.05, 0) is 35.4 Å². The molecule has 19 heavy (non-hydrogen) atoms. The van der Waals surface area contributed by atoms with Gasteiger partial charge >= 0.3 is 6.72 Å². The molecule has 104 valence electrons. The largest absolute Gasteiger partial charge is 0.338 e. The molecule has 0 rings (SSSR count). The maximum atomic E-state index is 7.87. The van der Waals surface area contributed by atoms with Crippen LogP contribution < -0.4 is 0 Å². The molecule has 0 unspecified atom stereocenters. The Labute approximate surface area is 187 Å². The predicted molar refractivity (Wildman–Crippen MR) is 76.4 cm³/mol. The summed E-state index contributed by atoms with van der Waals surface area (Å²) in [5.74, 6) is 0. The molecular weight excluding hydrogens is 627 g/mol. The number of hydrogen-bond donors (Lipinski definition) is 9. The van der Waals surface area contributed by atoms with Crippen molar-refractivity contribution < 1.29 is 112 Å². The first kappa shape index (κ1) is 43.9. The third-order valence-electron chi connectivity index (χ3n) is 0. The topological polar surface area (TPSA) is 142 Å². The first-order valence-electron chi connectivity index (χ1n) is 2.35. The number of hydrogen-bond acceptors (Lipinski definition) is 3. The van der Waals surface area contributed by atoms with Crippen LogP contribution in [-0.4, -0.2) is 34.3 Å². The van der Waals surface area contributed by atoms with Crippen LogP contribution in [0.2, 0.25) is 0 Å². The second-order valence-electron chi connectivity index (χ2n) is 1.54. The molecule has 0 saturated carbocycles. The molecule has 0 radical (unpaired) electrons. The minimum atomic E-state index is -3.81. The van der Waals surface area contributed by atoms with Gasteiger partial charge < -0.3 is 34.3 Å². The Kier molecular flexibility index (Phi) is 48.3. The van der Waals surface area contributed by atoms with Crippen LogP contribution in [0.25, 0.3) is 0 Å². The summed E-state index contributed by atoms with van der Waals surface area (Å²) in [5, 5.41) is 0. The minimum absolute atomic E-state index is 0. The van der Waals surface area contributed by atoms with Crippen molar-refractivity contribution in [1.82, 2.24) is 0 Å². The summed E-state index contributed by atoms with van der Waals surface area (Å²) < 4.78 is 0. The van der Waals surface area contributed by atoms with Crippen LogP contribution in [0, 0.1) is 0 Å². The first-order valence-corrected chi connectivity index (χ1v) is 12.7. The smallest absolute Gasteiger partial charge is 0.319 e. The van der Waals surface area contributed by atoms with E-state index in [2.05, 4.69) is 59.9 Å². The van der Waals surface area contributed by atoms with Crippen LogP contribution in [-0.2, 0) is 113 Å². The molecule has 0 aromatic heterocycles. The molecule has 0 aliphatic rings. The molecule has 0 spiro atoms. The van der Waals surface area contributed by atoms with Crippen molar-refractivity contribution >= 4 is 78.0 Å². The summed E-state index contributed by atoms with van der Waals surface area (Å²) >= 11 is 17.7. The molecule has 0 aromatic rings. The first-order chi connectivity index (χ1) is 6.00. The van der Waals surface area contributed by atoms with E-state index in [0.717, 1.165) is 0 Å². The fourth-order valence-corrected chi connectivity index (χ4v) is 0. The van der Waals surface area contributed by atoms with E-state index >= 15 is 0 Å². The summed E-state index contributed by atoms with van der Waals surface area (Å²) in [6.45, 7) is -3.81. The molecule has 0 atom stereocenters. The molecule has 0 fully saturated rings. The summed E-state index contributed by atoms with van der Waals surface area (Å²) in [4.78, 5) is 54.1. The zero-order valence-corrected chi connectivity index (χ0v) is 28.2. The number of rotatable bonds is 0. The van der Waals surface area contributed by atoms with E-state index < -0.39 is 18.1 Å². The van der Waals surface area contributed by atoms with Gasteiger partial charge in [0, 0.05) is 77.9 Å². The van der Waals surface area contributed by atoms with Crippen LogP contribution in [0.4, 0.5) is 0 Å². The van der Waals surface area contributed by atoms with Crippen molar-refractivity contribution in [2.24, 2.45) is 0 Å². The van der Waals surface area contributed by atoms with Crippen LogP contribution in [0.5, 0.6) is 0 Å². The molecule has 0 aromatic carbocycles. The number of thiol groups is 2. The van der Waals surface area contributed by atoms with Gasteiger partial charge in [0.15, 0.2) is 0 Å². The van der Waals surface area contributed by atoms with Crippen molar-refractivity contribution in [1.29, 1.82) is 0 Å². The van der Waals surface area contributed by atoms with Crippen LogP contribution >= 0.6 is 42.6 Å². The van der Waals surface area contributed by atoms with E-state index in [0.29, 0.717) is 0 Å². The fraction of sp³-hybridized carbons (Fsp3) is 0. The molecule has 0 aliphatic heterocycles. The Balaban J connectivity index is -0.0000000206. The summed E-state index contributed by atoms with van der Waals surface area (Å²) in [5.41, 5.74) is -6.22. The zero-order chi connectivity index (χ0) is 13.5. The third kappa shape index (κ3) is 421. The van der Waals surface area contributed by atoms with Gasteiger partial charge in [-0.3, -0.25) is 0 Å². The molecule has 0 bridgehead atoms. The average molecular weight is 636 g/mol. The van der Waals surface area contributed by atoms with E-state index in [9.17, 15) is 0 Å². The Morgan fingerprint density at radius 2 is 0.526 bits per heavy atom. The Morgan fingerprint density at radius 1 is 0.526 bits per heavy atom. The van der Waals surface area contributed by atoms with E-state index in [1.807, 2.05) is 0 Å². The van der Waals surface area contributed by atoms with Gasteiger partial charge in [0.25, 0.3) is 0 Å². The summed E-state index contributed by atoms with van der Waals surface area (Å²) in [6, 6.07) is 0. The molecule has 0 heterocycles. The van der Waals surface area contributed by atoms with Crippen molar-refractivity contribution in [2.45, 2.75) is 0 Å². The van der Waals surface area contributed by atoms with Crippen molar-refractivity contribution in [3.63, 3.8) is 0 Å². The van der Waals surface area contributed by atoms with Crippen LogP contribution in [0.3, 0.4) is 0 Å². The second kappa shape index (κ2) is 20.9. The van der Waals surface area contributed by atoms with Crippen molar-refractivity contribution in [3.05, 3.63) is 0 Å². The molecule has 19 heteroatoms. The van der Waals surface area contributed by atoms with E-state index in [4.69, 9.17) is 34.3 Å². The summed E-state index contributed by atoms with van der Waals surface area (Å²) in [7, 11) is 0. The van der Waals surface area contributed by atoms with Gasteiger partial charge in [-0.2, -0.15) is 0 Å². The average Bonchev–Trinajstić information content (AvgIpc) is 1.41. The third-order valence-corrected chi connectivity index (χ3v) is 0. The molecule has 0 aliphatic carbocycles. The van der Waals surface area contributed by atoms with Crippen LogP contribution in [0.15, 0.2) is 0 Å². The van der Waals surface area contributed by atoms with Gasteiger partial charge in [-0.25, -0.2) is 0 Å². The molecular formula is H9O7P3S5Zn4. The monoisotopic (exact) mass is 630 g/mol. The Morgan fingerprint density at radius 3 is 0.526 bits per heavy atom. The Hall–Kier alpha value is 4.86. The minimum Gasteiger partial charge on any atom is -0.338 e. The van der Waals surface area contributed by atoms with Gasteiger partial charge in [0.2, 0.25) is 11.4 Å². The van der Waals surface area contributed by atoms with Gasteiger partial charge in [0.1, 0.15) is 0 Å². The van der Waals surface area contributed by atoms with E-state index in [1.54, 1.807) is 0 Å². The standard InChI is InChI=1S/H3O3PS.2H3O2PS2.4Zn/c1-4(2,3)5;2*1-3(2,4)5;;;;/h(H3,1,2,3,5);2*(H3,1,2,4,5);;;;. The summed E-state index contributed by atoms with van der Waals surface area (Å²) in [6.07, 6.45) is 0. The van der Waals surface area contributed by atoms with Gasteiger partial charge in [-0.15, -0.1) is 0 Å². The van der Waals surface area contributed by atoms with Gasteiger partial charge in [-0.1, -0.05) is 24.5 Å². The van der Waals surface area contributed by atoms with Crippen molar-refractivity contribution in [3.8, 4) is 0 Å². The van der Waals surface area contributed by atoms with Crippen molar-refractivity contribution in [2.75, 3.05) is 0 Å². The maximum Gasteiger partial charge on any atom is 0.319 e. The predicted octanol–water partition coefficient (Wildman–Crippen LogP) is -0.572. The second-order valence-corrected chi connectivity index (χ2v) is 14.1. The van der Waals surface area contributed by atoms with Gasteiger partial charge in [0.05, 0.1) is 0 Å². The molecule has 0 amide bonds. The SMILES string of the molecule is OP(O)(=S)S.OP(O)(=S)S.OP(O)(O)=S.[Zn].[Zn].[Zn].[Zn]. The quantitative estimate of drug-likeness (QED) is 0.0966. The molecule has 7 nitrogen and oxygen atoms in total. The normalized spacial score (nSPS) is 9.32. The molecule has 7 N–H and O–H groups in total. The Bertz CT molecular complexity index is 223. The van der Waals surface area contributed by atoms with E-state index in [-0.39, 0.29) is 77.9 Å².